The Bertz CT molecular complexity index is 737. The molecule has 0 aliphatic carbocycles. The summed E-state index contributed by atoms with van der Waals surface area (Å²) >= 11 is 5.68. The van der Waals surface area contributed by atoms with Crippen molar-refractivity contribution in [2.24, 2.45) is 0 Å². The van der Waals surface area contributed by atoms with Gasteiger partial charge in [-0.05, 0) is 24.6 Å². The van der Waals surface area contributed by atoms with Crippen molar-refractivity contribution in [3.05, 3.63) is 62.1 Å². The van der Waals surface area contributed by atoms with Gasteiger partial charge in [0.05, 0.1) is 10.7 Å². The van der Waals surface area contributed by atoms with Crippen LogP contribution < -0.4 is 11.1 Å². The zero-order valence-electron chi connectivity index (χ0n) is 11.0. The highest BCUT2D eigenvalue weighted by Gasteiger charge is 2.08. The molecule has 0 atom stereocenters. The van der Waals surface area contributed by atoms with Crippen molar-refractivity contribution >= 4 is 11.6 Å². The van der Waals surface area contributed by atoms with Gasteiger partial charge in [0.25, 0.3) is 0 Å². The fourth-order valence-corrected chi connectivity index (χ4v) is 2.03. The molecule has 6 heteroatoms. The topological polar surface area (TPSA) is 44.0 Å². The minimum Gasteiger partial charge on any atom is -0.309 e. The summed E-state index contributed by atoms with van der Waals surface area (Å²) in [5, 5.41) is -0.0930. The van der Waals surface area contributed by atoms with Crippen molar-refractivity contribution in [3.8, 4) is 5.69 Å². The van der Waals surface area contributed by atoms with Crippen molar-refractivity contribution in [1.82, 2.24) is 9.13 Å². The van der Waals surface area contributed by atoms with Crippen LogP contribution in [-0.4, -0.2) is 9.13 Å². The standard InChI is InChI=1S/C14H14ClFN2O2/c1-2-3-6-17-7-8-18(14(20)13(17)19)10-4-5-12(16)11(15)9-10/h4-5,7-9H,2-3,6H2,1H3. The number of hydrogen-bond acceptors (Lipinski definition) is 2. The normalized spacial score (nSPS) is 10.8. The quantitative estimate of drug-likeness (QED) is 0.814. The van der Waals surface area contributed by atoms with Gasteiger partial charge in [-0.1, -0.05) is 24.9 Å². The third-order valence-electron chi connectivity index (χ3n) is 2.99. The van der Waals surface area contributed by atoms with Gasteiger partial charge in [0.2, 0.25) is 0 Å². The molecule has 106 valence electrons. The molecule has 20 heavy (non-hydrogen) atoms. The van der Waals surface area contributed by atoms with Crippen LogP contribution in [0.25, 0.3) is 5.69 Å². The predicted molar refractivity (Wildman–Crippen MR) is 76.2 cm³/mol. The van der Waals surface area contributed by atoms with E-state index in [-0.39, 0.29) is 5.02 Å². The number of hydrogen-bond donors (Lipinski definition) is 0. The van der Waals surface area contributed by atoms with E-state index in [1.807, 2.05) is 6.92 Å². The second kappa shape index (κ2) is 6.05. The maximum atomic E-state index is 13.1. The van der Waals surface area contributed by atoms with E-state index in [1.54, 1.807) is 6.20 Å². The molecule has 0 aliphatic rings. The lowest BCUT2D eigenvalue weighted by molar-refractivity contribution is 0.598. The average Bonchev–Trinajstić information content (AvgIpc) is 2.44. The van der Waals surface area contributed by atoms with Crippen LogP contribution >= 0.6 is 11.6 Å². The molecule has 0 spiro atoms. The first-order valence-corrected chi connectivity index (χ1v) is 6.70. The Balaban J connectivity index is 2.48. The Morgan fingerprint density at radius 1 is 1.20 bits per heavy atom. The van der Waals surface area contributed by atoms with Crippen LogP contribution in [0.3, 0.4) is 0 Å². The van der Waals surface area contributed by atoms with E-state index < -0.39 is 16.9 Å². The minimum absolute atomic E-state index is 0.0930. The van der Waals surface area contributed by atoms with Crippen LogP contribution in [0.4, 0.5) is 4.39 Å². The number of nitrogens with zero attached hydrogens (tertiary/aromatic N) is 2. The van der Waals surface area contributed by atoms with Crippen LogP contribution in [0, 0.1) is 5.82 Å². The van der Waals surface area contributed by atoms with Gasteiger partial charge in [-0.2, -0.15) is 0 Å². The highest BCUT2D eigenvalue weighted by atomic mass is 35.5. The molecule has 0 radical (unpaired) electrons. The molecular weight excluding hydrogens is 283 g/mol. The van der Waals surface area contributed by atoms with Crippen molar-refractivity contribution < 1.29 is 4.39 Å². The molecule has 2 rings (SSSR count). The predicted octanol–water partition coefficient (Wildman–Crippen LogP) is 2.59. The SMILES string of the molecule is CCCCn1ccn(-c2ccc(F)c(Cl)c2)c(=O)c1=O. The summed E-state index contributed by atoms with van der Waals surface area (Å²) in [5.74, 6) is -0.570. The second-order valence-electron chi connectivity index (χ2n) is 4.42. The van der Waals surface area contributed by atoms with Gasteiger partial charge < -0.3 is 4.57 Å². The maximum Gasteiger partial charge on any atom is 0.320 e. The summed E-state index contributed by atoms with van der Waals surface area (Å²) in [5.41, 5.74) is -0.909. The molecule has 0 bridgehead atoms. The number of aryl methyl sites for hydroxylation is 1. The molecule has 0 amide bonds. The van der Waals surface area contributed by atoms with Gasteiger partial charge in [-0.25, -0.2) is 4.39 Å². The number of benzene rings is 1. The smallest absolute Gasteiger partial charge is 0.309 e. The fourth-order valence-electron chi connectivity index (χ4n) is 1.85. The van der Waals surface area contributed by atoms with E-state index in [0.717, 1.165) is 23.5 Å². The van der Waals surface area contributed by atoms with E-state index in [4.69, 9.17) is 11.6 Å². The monoisotopic (exact) mass is 296 g/mol. The summed E-state index contributed by atoms with van der Waals surface area (Å²) in [6.07, 6.45) is 4.80. The number of halogens is 2. The molecule has 1 aromatic heterocycles. The van der Waals surface area contributed by atoms with Gasteiger partial charge in [-0.15, -0.1) is 0 Å². The Kier molecular flexibility index (Phi) is 4.39. The first-order chi connectivity index (χ1) is 9.54. The molecule has 0 saturated heterocycles. The van der Waals surface area contributed by atoms with Crippen molar-refractivity contribution in [2.45, 2.75) is 26.3 Å². The molecule has 0 N–H and O–H groups in total. The van der Waals surface area contributed by atoms with Gasteiger partial charge in [0, 0.05) is 18.9 Å². The molecule has 0 fully saturated rings. The zero-order valence-corrected chi connectivity index (χ0v) is 11.7. The minimum atomic E-state index is -0.675. The zero-order chi connectivity index (χ0) is 14.7. The van der Waals surface area contributed by atoms with Gasteiger partial charge in [-0.3, -0.25) is 14.2 Å². The summed E-state index contributed by atoms with van der Waals surface area (Å²) < 4.78 is 15.7. The van der Waals surface area contributed by atoms with Gasteiger partial charge in [0.15, 0.2) is 0 Å². The van der Waals surface area contributed by atoms with E-state index in [0.29, 0.717) is 12.2 Å². The summed E-state index contributed by atoms with van der Waals surface area (Å²) in [7, 11) is 0. The third-order valence-corrected chi connectivity index (χ3v) is 3.28. The lowest BCUT2D eigenvalue weighted by Gasteiger charge is -2.09. The summed E-state index contributed by atoms with van der Waals surface area (Å²) in [6, 6.07) is 3.87. The first kappa shape index (κ1) is 14.5. The van der Waals surface area contributed by atoms with Gasteiger partial charge in [0.1, 0.15) is 5.82 Å². The van der Waals surface area contributed by atoms with E-state index in [1.165, 1.54) is 22.9 Å². The van der Waals surface area contributed by atoms with E-state index in [9.17, 15) is 14.0 Å². The molecule has 4 nitrogen and oxygen atoms in total. The third kappa shape index (κ3) is 2.82. The largest absolute Gasteiger partial charge is 0.320 e. The van der Waals surface area contributed by atoms with Crippen molar-refractivity contribution in [1.29, 1.82) is 0 Å². The van der Waals surface area contributed by atoms with Gasteiger partial charge >= 0.3 is 11.1 Å². The molecule has 1 heterocycles. The summed E-state index contributed by atoms with van der Waals surface area (Å²) in [4.78, 5) is 24.0. The molecule has 1 aromatic carbocycles. The lowest BCUT2D eigenvalue weighted by atomic mass is 10.3. The Morgan fingerprint density at radius 2 is 1.95 bits per heavy atom. The average molecular weight is 297 g/mol. The number of unbranched alkanes of at least 4 members (excludes halogenated alkanes) is 1. The Labute approximate surface area is 120 Å². The van der Waals surface area contributed by atoms with Crippen LogP contribution in [-0.2, 0) is 6.54 Å². The molecule has 0 unspecified atom stereocenters. The lowest BCUT2D eigenvalue weighted by Crippen LogP contribution is -2.39. The highest BCUT2D eigenvalue weighted by molar-refractivity contribution is 6.30. The van der Waals surface area contributed by atoms with Crippen LogP contribution in [0.2, 0.25) is 5.02 Å². The Morgan fingerprint density at radius 3 is 2.60 bits per heavy atom. The molecule has 0 saturated carbocycles. The van der Waals surface area contributed by atoms with Crippen LogP contribution in [0.15, 0.2) is 40.2 Å². The number of rotatable bonds is 4. The molecule has 2 aromatic rings. The second-order valence-corrected chi connectivity index (χ2v) is 4.83. The van der Waals surface area contributed by atoms with Crippen molar-refractivity contribution in [3.63, 3.8) is 0 Å². The van der Waals surface area contributed by atoms with E-state index >= 15 is 0 Å². The molecular formula is C14H14ClFN2O2. The summed E-state index contributed by atoms with van der Waals surface area (Å²) in [6.45, 7) is 2.52. The van der Waals surface area contributed by atoms with Crippen LogP contribution in [0.1, 0.15) is 19.8 Å². The fraction of sp³-hybridized carbons (Fsp3) is 0.286. The maximum absolute atomic E-state index is 13.1. The first-order valence-electron chi connectivity index (χ1n) is 6.32. The van der Waals surface area contributed by atoms with Crippen LogP contribution in [0.5, 0.6) is 0 Å². The Hall–Kier alpha value is -1.88. The highest BCUT2D eigenvalue weighted by Crippen LogP contribution is 2.17. The molecule has 0 aliphatic heterocycles. The van der Waals surface area contributed by atoms with E-state index in [2.05, 4.69) is 0 Å². The number of aromatic nitrogens is 2. The van der Waals surface area contributed by atoms with Crippen molar-refractivity contribution in [2.75, 3.05) is 0 Å².